The zero-order valence-electron chi connectivity index (χ0n) is 3.40. The van der Waals surface area contributed by atoms with Crippen molar-refractivity contribution < 1.29 is 10.9 Å². The highest BCUT2D eigenvalue weighted by molar-refractivity contribution is 6.61. The predicted molar refractivity (Wildman–Crippen MR) is 18.3 cm³/mol. The number of halogens is 1. The molecule has 3 heteroatoms. The van der Waals surface area contributed by atoms with E-state index in [1.807, 2.05) is 0 Å². The van der Waals surface area contributed by atoms with E-state index in [0.717, 1.165) is 0 Å². The quantitative estimate of drug-likeness (QED) is 0.420. The summed E-state index contributed by atoms with van der Waals surface area (Å²) in [6.45, 7) is 0. The van der Waals surface area contributed by atoms with Gasteiger partial charge in [0, 0.05) is 11.6 Å². The van der Waals surface area contributed by atoms with Gasteiger partial charge in [-0.15, -0.1) is 0 Å². The molecule has 0 saturated carbocycles. The minimum Gasteiger partial charge on any atom is -0.457 e. The van der Waals surface area contributed by atoms with Crippen LogP contribution in [0.25, 0.3) is 0 Å². The third-order valence-electron chi connectivity index (χ3n) is 0.113. The summed E-state index contributed by atoms with van der Waals surface area (Å²) < 4.78 is 10.0. The second kappa shape index (κ2) is 2.03. The van der Waals surface area contributed by atoms with Crippen LogP contribution in [0.15, 0.2) is 0 Å². The summed E-state index contributed by atoms with van der Waals surface area (Å²) in [5, 5.41) is 0. The SMILES string of the molecule is [2H]COC(=O)Cl. The van der Waals surface area contributed by atoms with Crippen LogP contribution in [0, 0.1) is 0 Å². The van der Waals surface area contributed by atoms with Gasteiger partial charge >= 0.3 is 5.43 Å². The lowest BCUT2D eigenvalue weighted by molar-refractivity contribution is 0.198. The monoisotopic (exact) mass is 95.0 g/mol. The summed E-state index contributed by atoms with van der Waals surface area (Å²) in [7, 11) is -0.400. The van der Waals surface area contributed by atoms with Gasteiger partial charge in [0.25, 0.3) is 0 Å². The number of hydrogen-bond acceptors (Lipinski definition) is 2. The van der Waals surface area contributed by atoms with Crippen molar-refractivity contribution in [3.05, 3.63) is 0 Å². The standard InChI is InChI=1S/C2H3ClO2/c1-5-2(3)4/h1H3/i1D. The Labute approximate surface area is 36.1 Å². The molecule has 0 aliphatic rings. The summed E-state index contributed by atoms with van der Waals surface area (Å²) >= 11 is 4.60. The summed E-state index contributed by atoms with van der Waals surface area (Å²) in [6.07, 6.45) is 0. The number of ether oxygens (including phenoxy) is 1. The van der Waals surface area contributed by atoms with E-state index in [4.69, 9.17) is 1.37 Å². The molecular weight excluding hydrogens is 91.5 g/mol. The Hall–Kier alpha value is -0.240. The van der Waals surface area contributed by atoms with Gasteiger partial charge in [-0.25, -0.2) is 4.79 Å². The van der Waals surface area contributed by atoms with Gasteiger partial charge in [0.05, 0.1) is 8.46 Å². The summed E-state index contributed by atoms with van der Waals surface area (Å²) in [5.74, 6) is 0. The normalized spacial score (nSPS) is 9.40. The van der Waals surface area contributed by atoms with E-state index in [1.54, 1.807) is 0 Å². The van der Waals surface area contributed by atoms with Gasteiger partial charge < -0.3 is 4.74 Å². The second-order valence-corrected chi connectivity index (χ2v) is 0.691. The summed E-state index contributed by atoms with van der Waals surface area (Å²) in [4.78, 5) is 9.47. The minimum atomic E-state index is -0.926. The van der Waals surface area contributed by atoms with Crippen molar-refractivity contribution in [2.45, 2.75) is 0 Å². The van der Waals surface area contributed by atoms with E-state index >= 15 is 0 Å². The molecule has 0 aliphatic heterocycles. The van der Waals surface area contributed by atoms with Crippen molar-refractivity contribution in [1.82, 2.24) is 0 Å². The largest absolute Gasteiger partial charge is 0.457 e. The Balaban J connectivity index is 2.83. The topological polar surface area (TPSA) is 26.3 Å². The molecule has 0 rings (SSSR count). The van der Waals surface area contributed by atoms with Crippen molar-refractivity contribution in [1.29, 1.82) is 0 Å². The van der Waals surface area contributed by atoms with Crippen molar-refractivity contribution >= 4 is 17.0 Å². The molecule has 0 fully saturated rings. The average Bonchev–Trinajstić information content (AvgIpc) is 1.35. The van der Waals surface area contributed by atoms with Gasteiger partial charge in [-0.2, -0.15) is 0 Å². The van der Waals surface area contributed by atoms with E-state index in [-0.39, 0.29) is 0 Å². The van der Waals surface area contributed by atoms with Crippen LogP contribution in [0.2, 0.25) is 0 Å². The van der Waals surface area contributed by atoms with E-state index in [1.165, 1.54) is 0 Å². The maximum atomic E-state index is 9.47. The van der Waals surface area contributed by atoms with Crippen LogP contribution in [-0.2, 0) is 4.74 Å². The van der Waals surface area contributed by atoms with Gasteiger partial charge in [0.15, 0.2) is 0 Å². The van der Waals surface area contributed by atoms with Gasteiger partial charge in [-0.05, 0) is 0 Å². The molecule has 5 heavy (non-hydrogen) atoms. The lowest BCUT2D eigenvalue weighted by Crippen LogP contribution is -1.80. The highest BCUT2D eigenvalue weighted by Crippen LogP contribution is 1.78. The molecule has 0 unspecified atom stereocenters. The molecule has 0 aromatic rings. The lowest BCUT2D eigenvalue weighted by Gasteiger charge is -1.77. The Morgan fingerprint density at radius 3 is 3.00 bits per heavy atom. The molecule has 0 atom stereocenters. The zero-order chi connectivity index (χ0) is 4.99. The van der Waals surface area contributed by atoms with Crippen molar-refractivity contribution in [3.8, 4) is 0 Å². The van der Waals surface area contributed by atoms with E-state index in [2.05, 4.69) is 16.3 Å². The van der Waals surface area contributed by atoms with Crippen LogP contribution >= 0.6 is 11.6 Å². The van der Waals surface area contributed by atoms with Gasteiger partial charge in [0.1, 0.15) is 0 Å². The molecule has 0 amide bonds. The van der Waals surface area contributed by atoms with Crippen LogP contribution in [0.4, 0.5) is 4.79 Å². The maximum Gasteiger partial charge on any atom is 0.403 e. The smallest absolute Gasteiger partial charge is 0.403 e. The van der Waals surface area contributed by atoms with E-state index < -0.39 is 12.5 Å². The fourth-order valence-electron chi connectivity index (χ4n) is 0. The zero-order valence-corrected chi connectivity index (χ0v) is 3.16. The van der Waals surface area contributed by atoms with E-state index in [0.29, 0.717) is 0 Å². The first-order valence-corrected chi connectivity index (χ1v) is 1.26. The molecule has 0 heterocycles. The lowest BCUT2D eigenvalue weighted by atomic mass is 11.5. The number of carbonyl (C=O) groups is 1. The first-order valence-electron chi connectivity index (χ1n) is 1.59. The highest BCUT2D eigenvalue weighted by atomic mass is 35.5. The molecule has 0 spiro atoms. The molecule has 30 valence electrons. The van der Waals surface area contributed by atoms with E-state index in [9.17, 15) is 4.79 Å². The van der Waals surface area contributed by atoms with Crippen LogP contribution in [-0.4, -0.2) is 12.5 Å². The fourth-order valence-corrected chi connectivity index (χ4v) is 0. The Bertz CT molecular complexity index is 55.5. The number of carbonyl (C=O) groups excluding carboxylic acids is 1. The summed E-state index contributed by atoms with van der Waals surface area (Å²) in [5.41, 5.74) is -0.926. The Morgan fingerprint density at radius 1 is 2.40 bits per heavy atom. The molecule has 0 saturated heterocycles. The Morgan fingerprint density at radius 2 is 3.00 bits per heavy atom. The van der Waals surface area contributed by atoms with Crippen LogP contribution in [0.3, 0.4) is 0 Å². The van der Waals surface area contributed by atoms with Crippen LogP contribution in [0.5, 0.6) is 0 Å². The number of rotatable bonds is 0. The first kappa shape index (κ1) is 2.97. The highest BCUT2D eigenvalue weighted by Gasteiger charge is 1.80. The summed E-state index contributed by atoms with van der Waals surface area (Å²) in [6, 6.07) is 0. The van der Waals surface area contributed by atoms with Gasteiger partial charge in [-0.1, -0.05) is 0 Å². The van der Waals surface area contributed by atoms with Gasteiger partial charge in [0.2, 0.25) is 0 Å². The molecule has 0 aromatic carbocycles. The predicted octanol–water partition coefficient (Wildman–Crippen LogP) is 0.992. The van der Waals surface area contributed by atoms with Gasteiger partial charge in [-0.3, -0.25) is 0 Å². The number of hydrogen-bond donors (Lipinski definition) is 0. The second-order valence-electron chi connectivity index (χ2n) is 0.382. The molecule has 0 aliphatic carbocycles. The third-order valence-corrected chi connectivity index (χ3v) is 0.223. The Kier molecular flexibility index (Phi) is 1.20. The third kappa shape index (κ3) is 3.76. The van der Waals surface area contributed by atoms with Crippen LogP contribution < -0.4 is 0 Å². The number of methoxy groups -OCH3 is 1. The fraction of sp³-hybridized carbons (Fsp3) is 0.500. The molecule has 2 nitrogen and oxygen atoms in total. The van der Waals surface area contributed by atoms with Crippen LogP contribution in [0.1, 0.15) is 1.37 Å². The minimum absolute atomic E-state index is 0.400. The van der Waals surface area contributed by atoms with Crippen molar-refractivity contribution in [3.63, 3.8) is 0 Å². The first-order chi connectivity index (χ1) is 2.77. The molecule has 0 bridgehead atoms. The molecular formula is C2H3ClO2. The molecule has 0 N–H and O–H groups in total. The molecule has 0 radical (unpaired) electrons. The van der Waals surface area contributed by atoms with Crippen molar-refractivity contribution in [2.75, 3.05) is 7.09 Å². The molecule has 0 aromatic heterocycles. The maximum absolute atomic E-state index is 9.47. The van der Waals surface area contributed by atoms with Crippen molar-refractivity contribution in [2.24, 2.45) is 0 Å². The average molecular weight is 95.5 g/mol.